The van der Waals surface area contributed by atoms with E-state index in [1.54, 1.807) is 12.5 Å². The van der Waals surface area contributed by atoms with Crippen LogP contribution in [0.1, 0.15) is 6.42 Å². The highest BCUT2D eigenvalue weighted by Crippen LogP contribution is 2.29. The lowest BCUT2D eigenvalue weighted by atomic mass is 10.1. The molecule has 1 aliphatic rings. The molecule has 0 saturated carbocycles. The van der Waals surface area contributed by atoms with Crippen LogP contribution in [0.3, 0.4) is 0 Å². The molecule has 1 atom stereocenters. The number of pyridine rings is 1. The Balaban J connectivity index is 1.45. The smallest absolute Gasteiger partial charge is 0.144 e. The number of nitrogens with zero attached hydrogens (tertiary/aromatic N) is 4. The van der Waals surface area contributed by atoms with E-state index in [4.69, 9.17) is 11.6 Å². The third-order valence-corrected chi connectivity index (χ3v) is 4.40. The molecule has 1 aliphatic heterocycles. The van der Waals surface area contributed by atoms with Crippen molar-refractivity contribution in [2.75, 3.05) is 29.9 Å². The third kappa shape index (κ3) is 2.94. The van der Waals surface area contributed by atoms with Crippen LogP contribution in [0.15, 0.2) is 36.8 Å². The van der Waals surface area contributed by atoms with Crippen molar-refractivity contribution < 1.29 is 0 Å². The normalized spacial score (nSPS) is 17.8. The molecule has 4 heterocycles. The van der Waals surface area contributed by atoms with E-state index in [0.29, 0.717) is 11.1 Å². The van der Waals surface area contributed by atoms with Gasteiger partial charge in [0, 0.05) is 25.8 Å². The van der Waals surface area contributed by atoms with Gasteiger partial charge in [-0.2, -0.15) is 0 Å². The number of fused-ring (bicyclic) bond motifs is 1. The van der Waals surface area contributed by atoms with E-state index in [2.05, 4.69) is 30.2 Å². The molecule has 2 N–H and O–H groups in total. The zero-order chi connectivity index (χ0) is 15.6. The lowest BCUT2D eigenvalue weighted by Crippen LogP contribution is -2.23. The summed E-state index contributed by atoms with van der Waals surface area (Å²) in [5, 5.41) is 4.98. The van der Waals surface area contributed by atoms with Crippen LogP contribution in [-0.4, -0.2) is 39.6 Å². The van der Waals surface area contributed by atoms with Crippen molar-refractivity contribution in [3.63, 3.8) is 0 Å². The largest absolute Gasteiger partial charge is 0.370 e. The zero-order valence-electron chi connectivity index (χ0n) is 12.5. The fourth-order valence-electron chi connectivity index (χ4n) is 3.05. The molecule has 4 rings (SSSR count). The highest BCUT2D eigenvalue weighted by atomic mass is 35.5. The van der Waals surface area contributed by atoms with E-state index >= 15 is 0 Å². The molecule has 0 bridgehead atoms. The predicted octanol–water partition coefficient (Wildman–Crippen LogP) is 2.94. The molecule has 1 unspecified atom stereocenters. The first kappa shape index (κ1) is 14.3. The summed E-state index contributed by atoms with van der Waals surface area (Å²) in [5.41, 5.74) is 0.787. The topological polar surface area (TPSA) is 69.7 Å². The summed E-state index contributed by atoms with van der Waals surface area (Å²) in [5.74, 6) is 2.45. The van der Waals surface area contributed by atoms with Gasteiger partial charge in [-0.3, -0.25) is 0 Å². The highest BCUT2D eigenvalue weighted by Gasteiger charge is 2.25. The molecule has 6 nitrogen and oxygen atoms in total. The van der Waals surface area contributed by atoms with E-state index in [0.717, 1.165) is 48.7 Å². The van der Waals surface area contributed by atoms with Gasteiger partial charge in [0.05, 0.1) is 5.39 Å². The number of hydrogen-bond acceptors (Lipinski definition) is 5. The Morgan fingerprint density at radius 2 is 2.26 bits per heavy atom. The van der Waals surface area contributed by atoms with Gasteiger partial charge in [-0.1, -0.05) is 17.7 Å². The van der Waals surface area contributed by atoms with Crippen molar-refractivity contribution in [2.45, 2.75) is 6.42 Å². The minimum Gasteiger partial charge on any atom is -0.370 e. The third-order valence-electron chi connectivity index (χ3n) is 4.19. The summed E-state index contributed by atoms with van der Waals surface area (Å²) in [6.07, 6.45) is 4.52. The summed E-state index contributed by atoms with van der Waals surface area (Å²) in [6.45, 7) is 2.87. The molecule has 1 fully saturated rings. The number of rotatable bonds is 4. The van der Waals surface area contributed by atoms with Crippen molar-refractivity contribution in [1.82, 2.24) is 19.9 Å². The molecule has 0 aromatic carbocycles. The standard InChI is InChI=1S/C16H17ClN6/c17-13-7-12-15(22-13)20-10-21-16(12)23-6-4-11(9-23)8-19-14-3-1-2-5-18-14/h1-3,5,7,10-11H,4,6,8-9H2,(H,18,19)(H,20,21,22). The van der Waals surface area contributed by atoms with Gasteiger partial charge in [0.1, 0.15) is 28.8 Å². The summed E-state index contributed by atoms with van der Waals surface area (Å²) in [4.78, 5) is 18.3. The molecule has 0 spiro atoms. The number of halogens is 1. The zero-order valence-corrected chi connectivity index (χ0v) is 13.3. The minimum absolute atomic E-state index is 0.566. The van der Waals surface area contributed by atoms with Gasteiger partial charge in [0.2, 0.25) is 0 Å². The number of hydrogen-bond donors (Lipinski definition) is 2. The fourth-order valence-corrected chi connectivity index (χ4v) is 3.25. The number of aromatic nitrogens is 4. The Bertz CT molecular complexity index is 803. The van der Waals surface area contributed by atoms with Crippen LogP contribution in [0, 0.1) is 5.92 Å². The predicted molar refractivity (Wildman–Crippen MR) is 91.9 cm³/mol. The maximum atomic E-state index is 6.05. The lowest BCUT2D eigenvalue weighted by molar-refractivity contribution is 0.621. The van der Waals surface area contributed by atoms with Crippen molar-refractivity contribution in [3.8, 4) is 0 Å². The average molecular weight is 329 g/mol. The molecular weight excluding hydrogens is 312 g/mol. The Kier molecular flexibility index (Phi) is 3.75. The first-order valence-electron chi connectivity index (χ1n) is 7.68. The van der Waals surface area contributed by atoms with E-state index in [9.17, 15) is 0 Å². The second kappa shape index (κ2) is 6.04. The molecule has 0 amide bonds. The molecule has 3 aromatic heterocycles. The molecule has 7 heteroatoms. The first-order chi connectivity index (χ1) is 11.3. The van der Waals surface area contributed by atoms with E-state index < -0.39 is 0 Å². The number of nitrogens with one attached hydrogen (secondary N) is 2. The van der Waals surface area contributed by atoms with Crippen LogP contribution in [0.2, 0.25) is 5.15 Å². The van der Waals surface area contributed by atoms with E-state index in [-0.39, 0.29) is 0 Å². The Hall–Kier alpha value is -2.34. The number of aromatic amines is 1. The van der Waals surface area contributed by atoms with Crippen molar-refractivity contribution in [3.05, 3.63) is 41.9 Å². The molecule has 1 saturated heterocycles. The second-order valence-corrected chi connectivity index (χ2v) is 6.18. The van der Waals surface area contributed by atoms with Gasteiger partial charge in [0.25, 0.3) is 0 Å². The Morgan fingerprint density at radius 3 is 3.13 bits per heavy atom. The SMILES string of the molecule is Clc1cc2c(N3CCC(CNc4ccccn4)C3)ncnc2[nH]1. The van der Waals surface area contributed by atoms with Gasteiger partial charge >= 0.3 is 0 Å². The fraction of sp³-hybridized carbons (Fsp3) is 0.312. The molecule has 0 radical (unpaired) electrons. The van der Waals surface area contributed by atoms with Crippen LogP contribution in [0.4, 0.5) is 11.6 Å². The number of anilines is 2. The highest BCUT2D eigenvalue weighted by molar-refractivity contribution is 6.30. The van der Waals surface area contributed by atoms with Gasteiger partial charge in [0.15, 0.2) is 0 Å². The molecular formula is C16H17ClN6. The molecule has 3 aromatic rings. The maximum absolute atomic E-state index is 6.05. The Morgan fingerprint density at radius 1 is 1.30 bits per heavy atom. The van der Waals surface area contributed by atoms with Crippen molar-refractivity contribution in [2.24, 2.45) is 5.92 Å². The number of H-pyrrole nitrogens is 1. The van der Waals surface area contributed by atoms with E-state index in [1.807, 2.05) is 24.3 Å². The molecule has 118 valence electrons. The molecule has 0 aliphatic carbocycles. The molecule has 23 heavy (non-hydrogen) atoms. The minimum atomic E-state index is 0.566. The van der Waals surface area contributed by atoms with Crippen LogP contribution in [0.5, 0.6) is 0 Å². The lowest BCUT2D eigenvalue weighted by Gasteiger charge is -2.18. The van der Waals surface area contributed by atoms with Crippen molar-refractivity contribution in [1.29, 1.82) is 0 Å². The van der Waals surface area contributed by atoms with Crippen molar-refractivity contribution >= 4 is 34.3 Å². The average Bonchev–Trinajstić information content (AvgIpc) is 3.19. The van der Waals surface area contributed by atoms with Gasteiger partial charge in [-0.05, 0) is 30.5 Å². The quantitative estimate of drug-likeness (QED) is 0.770. The van der Waals surface area contributed by atoms with Crippen LogP contribution in [-0.2, 0) is 0 Å². The summed E-state index contributed by atoms with van der Waals surface area (Å²) in [6, 6.07) is 7.79. The van der Waals surface area contributed by atoms with Gasteiger partial charge in [-0.25, -0.2) is 15.0 Å². The second-order valence-electron chi connectivity index (χ2n) is 5.77. The maximum Gasteiger partial charge on any atom is 0.144 e. The first-order valence-corrected chi connectivity index (χ1v) is 8.06. The van der Waals surface area contributed by atoms with Gasteiger partial charge < -0.3 is 15.2 Å². The Labute approximate surface area is 138 Å². The van der Waals surface area contributed by atoms with Gasteiger partial charge in [-0.15, -0.1) is 0 Å². The summed E-state index contributed by atoms with van der Waals surface area (Å²) in [7, 11) is 0. The van der Waals surface area contributed by atoms with Crippen LogP contribution >= 0.6 is 11.6 Å². The monoisotopic (exact) mass is 328 g/mol. The van der Waals surface area contributed by atoms with Crippen LogP contribution < -0.4 is 10.2 Å². The van der Waals surface area contributed by atoms with E-state index in [1.165, 1.54) is 0 Å². The summed E-state index contributed by atoms with van der Waals surface area (Å²) < 4.78 is 0. The van der Waals surface area contributed by atoms with Crippen LogP contribution in [0.25, 0.3) is 11.0 Å². The summed E-state index contributed by atoms with van der Waals surface area (Å²) >= 11 is 6.05.